The molecule has 0 spiro atoms. The molecule has 6 nitrogen and oxygen atoms in total. The minimum Gasteiger partial charge on any atom is -0.497 e. The number of ether oxygens (including phenoxy) is 2. The zero-order valence-corrected chi connectivity index (χ0v) is 21.3. The van der Waals surface area contributed by atoms with Crippen LogP contribution in [0.25, 0.3) is 0 Å². The van der Waals surface area contributed by atoms with Crippen LogP contribution in [0, 0.1) is 5.41 Å². The fourth-order valence-electron chi connectivity index (χ4n) is 5.14. The molecule has 4 rings (SSSR count). The van der Waals surface area contributed by atoms with Gasteiger partial charge < -0.3 is 20.1 Å². The highest BCUT2D eigenvalue weighted by atomic mass is 19.4. The Morgan fingerprint density at radius 3 is 2.43 bits per heavy atom. The van der Waals surface area contributed by atoms with Crippen LogP contribution in [0.4, 0.5) is 18.9 Å². The Labute approximate surface area is 213 Å². The molecule has 0 radical (unpaired) electrons. The summed E-state index contributed by atoms with van der Waals surface area (Å²) in [5.74, 6) is -0.850. The van der Waals surface area contributed by atoms with Crippen LogP contribution >= 0.6 is 0 Å². The van der Waals surface area contributed by atoms with Gasteiger partial charge in [-0.05, 0) is 49.1 Å². The van der Waals surface area contributed by atoms with E-state index in [0.717, 1.165) is 6.07 Å². The molecule has 2 aliphatic rings. The van der Waals surface area contributed by atoms with Crippen molar-refractivity contribution < 1.29 is 32.2 Å². The van der Waals surface area contributed by atoms with Gasteiger partial charge in [0, 0.05) is 34.5 Å². The lowest BCUT2D eigenvalue weighted by Crippen LogP contribution is -2.39. The van der Waals surface area contributed by atoms with E-state index in [1.807, 2.05) is 13.8 Å². The molecule has 1 heterocycles. The molecule has 1 amide bonds. The number of methoxy groups -OCH3 is 2. The zero-order chi connectivity index (χ0) is 27.1. The Hall–Kier alpha value is -3.75. The van der Waals surface area contributed by atoms with Crippen molar-refractivity contribution in [3.8, 4) is 11.5 Å². The van der Waals surface area contributed by atoms with Crippen LogP contribution in [-0.2, 0) is 15.8 Å². The quantitative estimate of drug-likeness (QED) is 0.515. The van der Waals surface area contributed by atoms with E-state index in [1.165, 1.54) is 32.4 Å². The van der Waals surface area contributed by atoms with Crippen LogP contribution < -0.4 is 20.1 Å². The standard InChI is InChI=1S/C28H29F3N2O4/c1-15-23(26(35)33-19-9-7-6-8-18(19)28(29,30)31)24(17-12-16(36-4)10-11-22(17)37-5)25-20(32-15)13-27(2,3)14-21(25)34/h6-12,24,32H,13-14H2,1-5H3,(H,33,35)/t24-/m1/s1. The van der Waals surface area contributed by atoms with Gasteiger partial charge in [-0.25, -0.2) is 0 Å². The maximum Gasteiger partial charge on any atom is 0.418 e. The van der Waals surface area contributed by atoms with E-state index in [2.05, 4.69) is 10.6 Å². The van der Waals surface area contributed by atoms with E-state index in [0.29, 0.717) is 40.5 Å². The largest absolute Gasteiger partial charge is 0.497 e. The first kappa shape index (κ1) is 26.3. The molecular weight excluding hydrogens is 485 g/mol. The van der Waals surface area contributed by atoms with Gasteiger partial charge in [0.15, 0.2) is 5.78 Å². The lowest BCUT2D eigenvalue weighted by atomic mass is 9.68. The number of rotatable bonds is 5. The van der Waals surface area contributed by atoms with E-state index >= 15 is 0 Å². The molecule has 0 aromatic heterocycles. The van der Waals surface area contributed by atoms with Crippen molar-refractivity contribution in [1.29, 1.82) is 0 Å². The Kier molecular flexibility index (Phi) is 6.83. The molecule has 196 valence electrons. The predicted molar refractivity (Wildman–Crippen MR) is 133 cm³/mol. The Morgan fingerprint density at radius 2 is 1.78 bits per heavy atom. The fourth-order valence-corrected chi connectivity index (χ4v) is 5.14. The molecule has 0 saturated carbocycles. The second-order valence-corrected chi connectivity index (χ2v) is 10.0. The average Bonchev–Trinajstić information content (AvgIpc) is 2.81. The molecular formula is C28H29F3N2O4. The normalized spacial score (nSPS) is 19.2. The first-order chi connectivity index (χ1) is 17.4. The third-order valence-corrected chi connectivity index (χ3v) is 6.71. The number of nitrogens with one attached hydrogen (secondary N) is 2. The summed E-state index contributed by atoms with van der Waals surface area (Å²) in [5.41, 5.74) is 0.571. The van der Waals surface area contributed by atoms with Crippen molar-refractivity contribution in [2.45, 2.75) is 45.7 Å². The maximum atomic E-state index is 13.7. The molecule has 0 fully saturated rings. The van der Waals surface area contributed by atoms with E-state index in [9.17, 15) is 22.8 Å². The van der Waals surface area contributed by atoms with Gasteiger partial charge in [-0.15, -0.1) is 0 Å². The van der Waals surface area contributed by atoms with Gasteiger partial charge in [0.1, 0.15) is 11.5 Å². The summed E-state index contributed by atoms with van der Waals surface area (Å²) in [6.07, 6.45) is -3.82. The van der Waals surface area contributed by atoms with E-state index < -0.39 is 23.6 Å². The fraction of sp³-hybridized carbons (Fsp3) is 0.357. The Morgan fingerprint density at radius 1 is 1.08 bits per heavy atom. The van der Waals surface area contributed by atoms with Crippen LogP contribution in [0.2, 0.25) is 0 Å². The van der Waals surface area contributed by atoms with Crippen LogP contribution in [-0.4, -0.2) is 25.9 Å². The van der Waals surface area contributed by atoms with Gasteiger partial charge in [0.2, 0.25) is 0 Å². The van der Waals surface area contributed by atoms with Gasteiger partial charge in [0.25, 0.3) is 5.91 Å². The van der Waals surface area contributed by atoms with Crippen molar-refractivity contribution in [3.05, 3.63) is 76.1 Å². The number of alkyl halides is 3. The zero-order valence-electron chi connectivity index (χ0n) is 21.3. The molecule has 2 aromatic carbocycles. The number of allylic oxidation sites excluding steroid dienone is 3. The topological polar surface area (TPSA) is 76.7 Å². The van der Waals surface area contributed by atoms with Gasteiger partial charge in [-0.3, -0.25) is 9.59 Å². The van der Waals surface area contributed by atoms with E-state index in [-0.39, 0.29) is 28.9 Å². The van der Waals surface area contributed by atoms with Crippen LogP contribution in [0.15, 0.2) is 65.0 Å². The second-order valence-electron chi connectivity index (χ2n) is 10.0. The number of dihydropyridines is 1. The second kappa shape index (κ2) is 9.61. The summed E-state index contributed by atoms with van der Waals surface area (Å²) in [4.78, 5) is 27.2. The molecule has 0 bridgehead atoms. The number of hydrogen-bond acceptors (Lipinski definition) is 5. The van der Waals surface area contributed by atoms with Crippen molar-refractivity contribution in [2.75, 3.05) is 19.5 Å². The third kappa shape index (κ3) is 5.08. The molecule has 2 aromatic rings. The van der Waals surface area contributed by atoms with Gasteiger partial charge in [0.05, 0.1) is 31.4 Å². The summed E-state index contributed by atoms with van der Waals surface area (Å²) in [6, 6.07) is 9.85. The Bertz CT molecular complexity index is 1320. The maximum absolute atomic E-state index is 13.7. The number of hydrogen-bond donors (Lipinski definition) is 2. The smallest absolute Gasteiger partial charge is 0.418 e. The van der Waals surface area contributed by atoms with Crippen molar-refractivity contribution >= 4 is 17.4 Å². The molecule has 0 saturated heterocycles. The van der Waals surface area contributed by atoms with Crippen LogP contribution in [0.1, 0.15) is 50.7 Å². The lowest BCUT2D eigenvalue weighted by Gasteiger charge is -2.40. The van der Waals surface area contributed by atoms with Crippen molar-refractivity contribution in [3.63, 3.8) is 0 Å². The highest BCUT2D eigenvalue weighted by molar-refractivity contribution is 6.10. The van der Waals surface area contributed by atoms with Gasteiger partial charge in [-0.2, -0.15) is 13.2 Å². The van der Waals surface area contributed by atoms with Crippen LogP contribution in [0.5, 0.6) is 11.5 Å². The predicted octanol–water partition coefficient (Wildman–Crippen LogP) is 5.97. The first-order valence-electron chi connectivity index (χ1n) is 11.8. The number of carbonyl (C=O) groups excluding carboxylic acids is 2. The number of ketones is 1. The van der Waals surface area contributed by atoms with Crippen molar-refractivity contribution in [2.24, 2.45) is 5.41 Å². The van der Waals surface area contributed by atoms with Gasteiger partial charge in [-0.1, -0.05) is 26.0 Å². The lowest BCUT2D eigenvalue weighted by molar-refractivity contribution is -0.137. The van der Waals surface area contributed by atoms with Crippen LogP contribution in [0.3, 0.4) is 0 Å². The van der Waals surface area contributed by atoms with E-state index in [1.54, 1.807) is 25.1 Å². The monoisotopic (exact) mass is 514 g/mol. The third-order valence-electron chi connectivity index (χ3n) is 6.71. The number of anilines is 1. The molecule has 1 aliphatic carbocycles. The Balaban J connectivity index is 1.89. The molecule has 2 N–H and O–H groups in total. The number of benzene rings is 2. The molecule has 0 unspecified atom stereocenters. The summed E-state index contributed by atoms with van der Waals surface area (Å²) >= 11 is 0. The molecule has 9 heteroatoms. The van der Waals surface area contributed by atoms with E-state index in [4.69, 9.17) is 9.47 Å². The number of amides is 1. The minimum absolute atomic E-state index is 0.135. The van der Waals surface area contributed by atoms with Gasteiger partial charge >= 0.3 is 6.18 Å². The molecule has 37 heavy (non-hydrogen) atoms. The SMILES string of the molecule is COc1ccc(OC)c([C@@H]2C(C(=O)Nc3ccccc3C(F)(F)F)=C(C)NC3=C2C(=O)CC(C)(C)C3)c1. The average molecular weight is 515 g/mol. The highest BCUT2D eigenvalue weighted by Gasteiger charge is 2.44. The summed E-state index contributed by atoms with van der Waals surface area (Å²) in [6.45, 7) is 5.67. The van der Waals surface area contributed by atoms with Crippen molar-refractivity contribution in [1.82, 2.24) is 5.32 Å². The molecule has 1 atom stereocenters. The first-order valence-corrected chi connectivity index (χ1v) is 11.8. The highest BCUT2D eigenvalue weighted by Crippen LogP contribution is 2.49. The molecule has 1 aliphatic heterocycles. The number of para-hydroxylation sites is 1. The summed E-state index contributed by atoms with van der Waals surface area (Å²) in [7, 11) is 2.97. The number of halogens is 3. The minimum atomic E-state index is -4.66. The summed E-state index contributed by atoms with van der Waals surface area (Å²) in [5, 5.41) is 5.66. The number of Topliss-reactive ketones (excluding diaryl/α,β-unsaturated/α-hetero) is 1. The number of carbonyl (C=O) groups is 2. The summed E-state index contributed by atoms with van der Waals surface area (Å²) < 4.78 is 51.9.